The third kappa shape index (κ3) is 5.81. The Bertz CT molecular complexity index is 498. The van der Waals surface area contributed by atoms with Crippen LogP contribution in [0.4, 0.5) is 0 Å². The van der Waals surface area contributed by atoms with Crippen LogP contribution in [-0.2, 0) is 9.53 Å². The van der Waals surface area contributed by atoms with Gasteiger partial charge in [-0.3, -0.25) is 9.69 Å². The molecule has 1 fully saturated rings. The molecule has 0 aromatic carbocycles. The largest absolute Gasteiger partial charge is 0.379 e. The molecule has 26 heavy (non-hydrogen) atoms. The fraction of sp³-hybridized carbons (Fsp3) is 0.722. The minimum absolute atomic E-state index is 0. The molecule has 0 saturated carbocycles. The highest BCUT2D eigenvalue weighted by Crippen LogP contribution is 2.31. The first-order chi connectivity index (χ1) is 11.6. The highest BCUT2D eigenvalue weighted by atomic mass is 35.5. The van der Waals surface area contributed by atoms with E-state index in [4.69, 9.17) is 10.5 Å². The minimum atomic E-state index is -0.431. The lowest BCUT2D eigenvalue weighted by atomic mass is 9.81. The summed E-state index contributed by atoms with van der Waals surface area (Å²) in [5, 5.41) is 2.10. The van der Waals surface area contributed by atoms with Crippen LogP contribution in [-0.4, -0.2) is 62.1 Å². The third-order valence-electron chi connectivity index (χ3n) is 5.35. The van der Waals surface area contributed by atoms with E-state index >= 15 is 0 Å². The van der Waals surface area contributed by atoms with E-state index in [2.05, 4.69) is 36.3 Å². The normalized spacial score (nSPS) is 16.3. The zero-order valence-corrected chi connectivity index (χ0v) is 18.4. The summed E-state index contributed by atoms with van der Waals surface area (Å²) in [6.07, 6.45) is 1.56. The number of thiophene rings is 1. The van der Waals surface area contributed by atoms with Gasteiger partial charge in [-0.1, -0.05) is 19.9 Å². The zero-order chi connectivity index (χ0) is 17.6. The van der Waals surface area contributed by atoms with Crippen LogP contribution in [0.1, 0.15) is 37.6 Å². The lowest BCUT2D eigenvalue weighted by Crippen LogP contribution is -2.49. The monoisotopic (exact) mass is 425 g/mol. The number of carbonyl (C=O) groups excluding carboxylic acids is 1. The Labute approximate surface area is 174 Å². The van der Waals surface area contributed by atoms with Crippen molar-refractivity contribution >= 4 is 42.1 Å². The molecule has 0 aliphatic carbocycles. The second-order valence-corrected chi connectivity index (χ2v) is 7.54. The second kappa shape index (κ2) is 12.2. The molecule has 1 aliphatic heterocycles. The molecule has 1 aliphatic rings. The number of nitrogens with zero attached hydrogens (tertiary/aromatic N) is 2. The molecular formula is C18H33Cl2N3O2S. The van der Waals surface area contributed by atoms with E-state index in [1.807, 2.05) is 11.9 Å². The predicted octanol–water partition coefficient (Wildman–Crippen LogP) is 3.19. The molecule has 1 atom stereocenters. The van der Waals surface area contributed by atoms with Crippen LogP contribution in [0.25, 0.3) is 0 Å². The highest BCUT2D eigenvalue weighted by Gasteiger charge is 2.37. The number of rotatable bonds is 8. The van der Waals surface area contributed by atoms with Gasteiger partial charge in [0.2, 0.25) is 5.91 Å². The standard InChI is InChI=1S/C18H31N3O2S.2ClH/c1-4-18(5-2,14-19)17(22)20(3)13-15(16-7-6-12-24-16)21-8-10-23-11-9-21;;/h6-7,12,15H,4-5,8-11,13-14,19H2,1-3H3;2*1H. The number of carbonyl (C=O) groups is 1. The number of hydrogen-bond donors (Lipinski definition) is 1. The summed E-state index contributed by atoms with van der Waals surface area (Å²) in [5.41, 5.74) is 5.53. The van der Waals surface area contributed by atoms with Gasteiger partial charge in [0.1, 0.15) is 0 Å². The second-order valence-electron chi connectivity index (χ2n) is 6.56. The highest BCUT2D eigenvalue weighted by molar-refractivity contribution is 7.10. The lowest BCUT2D eigenvalue weighted by molar-refractivity contribution is -0.141. The van der Waals surface area contributed by atoms with Gasteiger partial charge in [0, 0.05) is 38.1 Å². The number of likely N-dealkylation sites (N-methyl/N-ethyl adjacent to an activating group) is 1. The molecule has 2 N–H and O–H groups in total. The van der Waals surface area contributed by atoms with Crippen molar-refractivity contribution in [1.29, 1.82) is 0 Å². The van der Waals surface area contributed by atoms with E-state index < -0.39 is 5.41 Å². The molecule has 0 radical (unpaired) electrons. The summed E-state index contributed by atoms with van der Waals surface area (Å²) in [4.78, 5) is 18.7. The Hall–Kier alpha value is -0.370. The van der Waals surface area contributed by atoms with Gasteiger partial charge in [-0.05, 0) is 24.3 Å². The molecule has 1 aromatic heterocycles. The number of morpholine rings is 1. The quantitative estimate of drug-likeness (QED) is 0.694. The fourth-order valence-electron chi connectivity index (χ4n) is 3.43. The maximum atomic E-state index is 13.1. The van der Waals surface area contributed by atoms with E-state index in [9.17, 15) is 4.79 Å². The molecule has 1 saturated heterocycles. The zero-order valence-electron chi connectivity index (χ0n) is 16.0. The Morgan fingerprint density at radius 3 is 2.42 bits per heavy atom. The topological polar surface area (TPSA) is 58.8 Å². The van der Waals surface area contributed by atoms with Crippen LogP contribution in [0.2, 0.25) is 0 Å². The molecule has 1 aromatic rings. The van der Waals surface area contributed by atoms with Crippen LogP contribution in [0.5, 0.6) is 0 Å². The van der Waals surface area contributed by atoms with Gasteiger partial charge in [0.05, 0.1) is 24.7 Å². The number of halogens is 2. The summed E-state index contributed by atoms with van der Waals surface area (Å²) in [7, 11) is 1.92. The van der Waals surface area contributed by atoms with Gasteiger partial charge in [-0.25, -0.2) is 0 Å². The van der Waals surface area contributed by atoms with Crippen LogP contribution >= 0.6 is 36.2 Å². The lowest BCUT2D eigenvalue weighted by Gasteiger charge is -2.39. The predicted molar refractivity (Wildman–Crippen MR) is 114 cm³/mol. The Morgan fingerprint density at radius 1 is 1.35 bits per heavy atom. The van der Waals surface area contributed by atoms with Crippen molar-refractivity contribution in [1.82, 2.24) is 9.80 Å². The van der Waals surface area contributed by atoms with E-state index in [-0.39, 0.29) is 36.8 Å². The number of hydrogen-bond acceptors (Lipinski definition) is 5. The molecule has 0 spiro atoms. The summed E-state index contributed by atoms with van der Waals surface area (Å²) in [6, 6.07) is 4.48. The van der Waals surface area contributed by atoms with E-state index in [1.165, 1.54) is 4.88 Å². The average Bonchev–Trinajstić information content (AvgIpc) is 3.16. The molecule has 2 rings (SSSR count). The average molecular weight is 426 g/mol. The van der Waals surface area contributed by atoms with E-state index in [0.29, 0.717) is 13.1 Å². The van der Waals surface area contributed by atoms with Gasteiger partial charge in [0.15, 0.2) is 0 Å². The first-order valence-corrected chi connectivity index (χ1v) is 9.76. The van der Waals surface area contributed by atoms with E-state index in [1.54, 1.807) is 11.3 Å². The first kappa shape index (κ1) is 25.6. The van der Waals surface area contributed by atoms with Crippen LogP contribution in [0.3, 0.4) is 0 Å². The molecular weight excluding hydrogens is 393 g/mol. The molecule has 1 amide bonds. The molecule has 152 valence electrons. The van der Waals surface area contributed by atoms with Crippen molar-refractivity contribution in [3.8, 4) is 0 Å². The van der Waals surface area contributed by atoms with Crippen LogP contribution < -0.4 is 5.73 Å². The third-order valence-corrected chi connectivity index (χ3v) is 6.32. The van der Waals surface area contributed by atoms with Gasteiger partial charge in [0.25, 0.3) is 0 Å². The first-order valence-electron chi connectivity index (χ1n) is 8.88. The number of amides is 1. The van der Waals surface area contributed by atoms with Gasteiger partial charge < -0.3 is 15.4 Å². The minimum Gasteiger partial charge on any atom is -0.379 e. The molecule has 5 nitrogen and oxygen atoms in total. The summed E-state index contributed by atoms with van der Waals surface area (Å²) in [5.74, 6) is 0.171. The van der Waals surface area contributed by atoms with Crippen LogP contribution in [0, 0.1) is 5.41 Å². The van der Waals surface area contributed by atoms with Crippen molar-refractivity contribution in [3.05, 3.63) is 22.4 Å². The van der Waals surface area contributed by atoms with Crippen LogP contribution in [0.15, 0.2) is 17.5 Å². The maximum absolute atomic E-state index is 13.1. The maximum Gasteiger partial charge on any atom is 0.229 e. The van der Waals surface area contributed by atoms with Crippen molar-refractivity contribution in [2.75, 3.05) is 46.4 Å². The van der Waals surface area contributed by atoms with Crippen molar-refractivity contribution in [2.45, 2.75) is 32.7 Å². The summed E-state index contributed by atoms with van der Waals surface area (Å²) < 4.78 is 5.49. The molecule has 8 heteroatoms. The molecule has 0 bridgehead atoms. The van der Waals surface area contributed by atoms with Crippen molar-refractivity contribution < 1.29 is 9.53 Å². The molecule has 1 unspecified atom stereocenters. The Morgan fingerprint density at radius 2 is 1.96 bits per heavy atom. The summed E-state index contributed by atoms with van der Waals surface area (Å²) in [6.45, 7) is 8.56. The fourth-order valence-corrected chi connectivity index (χ4v) is 4.28. The van der Waals surface area contributed by atoms with Gasteiger partial charge in [-0.2, -0.15) is 0 Å². The number of ether oxygens (including phenoxy) is 1. The summed E-state index contributed by atoms with van der Waals surface area (Å²) >= 11 is 1.76. The molecule has 2 heterocycles. The Balaban J connectivity index is 0.00000312. The van der Waals surface area contributed by atoms with Gasteiger partial charge in [-0.15, -0.1) is 36.2 Å². The van der Waals surface area contributed by atoms with Crippen molar-refractivity contribution in [3.63, 3.8) is 0 Å². The number of nitrogens with two attached hydrogens (primary N) is 1. The smallest absolute Gasteiger partial charge is 0.229 e. The van der Waals surface area contributed by atoms with E-state index in [0.717, 1.165) is 39.1 Å². The SMILES string of the molecule is CCC(CC)(CN)C(=O)N(C)CC(c1cccs1)N1CCOCC1.Cl.Cl. The Kier molecular flexibility index (Phi) is 12.0. The van der Waals surface area contributed by atoms with Gasteiger partial charge >= 0.3 is 0 Å². The van der Waals surface area contributed by atoms with Crippen molar-refractivity contribution in [2.24, 2.45) is 11.1 Å².